The molecule has 1 aliphatic heterocycles. The Bertz CT molecular complexity index is 948. The maximum Gasteiger partial charge on any atom is 0.248 e. The van der Waals surface area contributed by atoms with Crippen LogP contribution in [0.25, 0.3) is 0 Å². The van der Waals surface area contributed by atoms with Gasteiger partial charge in [0.1, 0.15) is 16.7 Å². The lowest BCUT2D eigenvalue weighted by atomic mass is 10.3. The summed E-state index contributed by atoms with van der Waals surface area (Å²) < 4.78 is 32.6. The molecule has 1 fully saturated rings. The van der Waals surface area contributed by atoms with Gasteiger partial charge in [-0.2, -0.15) is 4.31 Å². The van der Waals surface area contributed by atoms with Gasteiger partial charge < -0.3 is 10.1 Å². The Morgan fingerprint density at radius 3 is 2.93 bits per heavy atom. The van der Waals surface area contributed by atoms with Crippen LogP contribution >= 0.6 is 34.7 Å². The van der Waals surface area contributed by atoms with Crippen molar-refractivity contribution in [1.29, 1.82) is 0 Å². The van der Waals surface area contributed by atoms with Crippen LogP contribution in [-0.2, 0) is 21.4 Å². The van der Waals surface area contributed by atoms with Crippen molar-refractivity contribution in [2.24, 2.45) is 0 Å². The SMILES string of the molecule is COc1ccc(Cl)cc1S(=O)(=O)N1CSCC1C(=O)NCc1csc(C)n1. The first-order chi connectivity index (χ1) is 12.8. The van der Waals surface area contributed by atoms with Crippen molar-refractivity contribution in [3.05, 3.63) is 39.3 Å². The minimum Gasteiger partial charge on any atom is -0.495 e. The van der Waals surface area contributed by atoms with E-state index < -0.39 is 16.1 Å². The molecule has 11 heteroatoms. The molecule has 2 heterocycles. The molecule has 1 unspecified atom stereocenters. The molecule has 0 radical (unpaired) electrons. The quantitative estimate of drug-likeness (QED) is 0.731. The van der Waals surface area contributed by atoms with Crippen molar-refractivity contribution in [2.75, 3.05) is 18.7 Å². The molecule has 1 N–H and O–H groups in total. The molecule has 7 nitrogen and oxygen atoms in total. The molecule has 146 valence electrons. The van der Waals surface area contributed by atoms with E-state index in [0.29, 0.717) is 5.75 Å². The number of rotatable bonds is 6. The average molecular weight is 448 g/mol. The Balaban J connectivity index is 1.80. The molecule has 27 heavy (non-hydrogen) atoms. The molecule has 1 aromatic carbocycles. The van der Waals surface area contributed by atoms with E-state index in [0.717, 1.165) is 10.7 Å². The molecule has 1 aliphatic rings. The number of nitrogens with one attached hydrogen (secondary N) is 1. The maximum atomic E-state index is 13.1. The molecule has 0 bridgehead atoms. The van der Waals surface area contributed by atoms with E-state index in [1.54, 1.807) is 6.07 Å². The number of sulfonamides is 1. The van der Waals surface area contributed by atoms with Gasteiger partial charge in [-0.15, -0.1) is 23.1 Å². The number of nitrogens with zero attached hydrogens (tertiary/aromatic N) is 2. The predicted octanol–water partition coefficient (Wildman–Crippen LogP) is 2.49. The normalized spacial score (nSPS) is 17.8. The van der Waals surface area contributed by atoms with Crippen molar-refractivity contribution in [2.45, 2.75) is 24.4 Å². The highest BCUT2D eigenvalue weighted by molar-refractivity contribution is 8.00. The second-order valence-electron chi connectivity index (χ2n) is 5.78. The van der Waals surface area contributed by atoms with E-state index in [1.807, 2.05) is 12.3 Å². The predicted molar refractivity (Wildman–Crippen MR) is 107 cm³/mol. The lowest BCUT2D eigenvalue weighted by Crippen LogP contribution is -2.47. The van der Waals surface area contributed by atoms with Crippen LogP contribution in [0.15, 0.2) is 28.5 Å². The number of thioether (sulfide) groups is 1. The van der Waals surface area contributed by atoms with Crippen molar-refractivity contribution in [1.82, 2.24) is 14.6 Å². The zero-order valence-corrected chi connectivity index (χ0v) is 17.8. The number of hydrogen-bond acceptors (Lipinski definition) is 7. The summed E-state index contributed by atoms with van der Waals surface area (Å²) in [5.41, 5.74) is 0.752. The van der Waals surface area contributed by atoms with Gasteiger partial charge >= 0.3 is 0 Å². The fourth-order valence-corrected chi connectivity index (χ4v) is 6.82. The van der Waals surface area contributed by atoms with E-state index in [-0.39, 0.29) is 34.0 Å². The van der Waals surface area contributed by atoms with Crippen LogP contribution < -0.4 is 10.1 Å². The smallest absolute Gasteiger partial charge is 0.248 e. The highest BCUT2D eigenvalue weighted by Crippen LogP contribution is 2.34. The minimum absolute atomic E-state index is 0.0482. The number of carbonyl (C=O) groups is 1. The van der Waals surface area contributed by atoms with Crippen molar-refractivity contribution >= 4 is 50.6 Å². The first-order valence-electron chi connectivity index (χ1n) is 7.95. The molecule has 0 spiro atoms. The Morgan fingerprint density at radius 1 is 1.48 bits per heavy atom. The molecule has 1 atom stereocenters. The number of ether oxygens (including phenoxy) is 1. The molecule has 0 aliphatic carbocycles. The summed E-state index contributed by atoms with van der Waals surface area (Å²) in [5, 5.41) is 5.83. The van der Waals surface area contributed by atoms with Gasteiger partial charge in [0.25, 0.3) is 0 Å². The molecule has 1 amide bonds. The largest absolute Gasteiger partial charge is 0.495 e. The number of amides is 1. The number of halogens is 1. The summed E-state index contributed by atoms with van der Waals surface area (Å²) in [6.07, 6.45) is 0. The van der Waals surface area contributed by atoms with Gasteiger partial charge in [0, 0.05) is 16.2 Å². The number of benzene rings is 1. The van der Waals surface area contributed by atoms with Gasteiger partial charge in [-0.25, -0.2) is 13.4 Å². The van der Waals surface area contributed by atoms with E-state index in [4.69, 9.17) is 16.3 Å². The van der Waals surface area contributed by atoms with E-state index in [1.165, 1.54) is 46.6 Å². The van der Waals surface area contributed by atoms with Gasteiger partial charge in [-0.3, -0.25) is 4.79 Å². The number of methoxy groups -OCH3 is 1. The van der Waals surface area contributed by atoms with Gasteiger partial charge in [0.15, 0.2) is 0 Å². The van der Waals surface area contributed by atoms with Crippen molar-refractivity contribution in [3.8, 4) is 5.75 Å². The molecular weight excluding hydrogens is 430 g/mol. The Kier molecular flexibility index (Phi) is 6.32. The summed E-state index contributed by atoms with van der Waals surface area (Å²) in [5.74, 6) is 0.402. The second kappa shape index (κ2) is 8.36. The van der Waals surface area contributed by atoms with Crippen LogP contribution in [0, 0.1) is 6.92 Å². The molecule has 3 rings (SSSR count). The van der Waals surface area contributed by atoms with E-state index >= 15 is 0 Å². The summed E-state index contributed by atoms with van der Waals surface area (Å²) in [7, 11) is -2.56. The zero-order chi connectivity index (χ0) is 19.6. The summed E-state index contributed by atoms with van der Waals surface area (Å²) in [6, 6.07) is 3.59. The number of carbonyl (C=O) groups excluding carboxylic acids is 1. The Hall–Kier alpha value is -1.33. The third kappa shape index (κ3) is 4.40. The second-order valence-corrected chi connectivity index (χ2v) is 10.1. The van der Waals surface area contributed by atoms with Crippen molar-refractivity contribution < 1.29 is 17.9 Å². The van der Waals surface area contributed by atoms with Gasteiger partial charge in [-0.1, -0.05) is 11.6 Å². The topological polar surface area (TPSA) is 88.6 Å². The molecule has 1 aromatic heterocycles. The fraction of sp³-hybridized carbons (Fsp3) is 0.375. The number of aromatic nitrogens is 1. The van der Waals surface area contributed by atoms with Crippen LogP contribution in [0.1, 0.15) is 10.7 Å². The van der Waals surface area contributed by atoms with Crippen molar-refractivity contribution in [3.63, 3.8) is 0 Å². The molecule has 0 saturated carbocycles. The monoisotopic (exact) mass is 447 g/mol. The van der Waals surface area contributed by atoms with Crippen LogP contribution in [0.2, 0.25) is 5.02 Å². The van der Waals surface area contributed by atoms with E-state index in [9.17, 15) is 13.2 Å². The average Bonchev–Trinajstić information content (AvgIpc) is 3.29. The number of hydrogen-bond donors (Lipinski definition) is 1. The van der Waals surface area contributed by atoms with Crippen LogP contribution in [0.3, 0.4) is 0 Å². The van der Waals surface area contributed by atoms with Gasteiger partial charge in [0.05, 0.1) is 30.2 Å². The summed E-state index contributed by atoms with van der Waals surface area (Å²) in [6.45, 7) is 2.15. The van der Waals surface area contributed by atoms with Crippen LogP contribution in [-0.4, -0.2) is 48.4 Å². The Labute approximate surface area is 171 Å². The maximum absolute atomic E-state index is 13.1. The van der Waals surface area contributed by atoms with Crippen LogP contribution in [0.4, 0.5) is 0 Å². The number of aryl methyl sites for hydroxylation is 1. The van der Waals surface area contributed by atoms with Crippen LogP contribution in [0.5, 0.6) is 5.75 Å². The lowest BCUT2D eigenvalue weighted by Gasteiger charge is -2.23. The molecular formula is C16H18ClN3O4S3. The fourth-order valence-electron chi connectivity index (χ4n) is 2.63. The first-order valence-corrected chi connectivity index (χ1v) is 11.8. The third-order valence-corrected chi connectivity index (χ3v) is 8.08. The zero-order valence-electron chi connectivity index (χ0n) is 14.6. The lowest BCUT2D eigenvalue weighted by molar-refractivity contribution is -0.124. The Morgan fingerprint density at radius 2 is 2.26 bits per heavy atom. The summed E-state index contributed by atoms with van der Waals surface area (Å²) in [4.78, 5) is 16.9. The number of thiazole rings is 1. The summed E-state index contributed by atoms with van der Waals surface area (Å²) >= 11 is 8.85. The van der Waals surface area contributed by atoms with Gasteiger partial charge in [0.2, 0.25) is 15.9 Å². The molecule has 2 aromatic rings. The van der Waals surface area contributed by atoms with E-state index in [2.05, 4.69) is 10.3 Å². The third-order valence-electron chi connectivity index (χ3n) is 3.97. The van der Waals surface area contributed by atoms with Gasteiger partial charge in [-0.05, 0) is 25.1 Å². The standard InChI is InChI=1S/C16H18ClN3O4S3/c1-10-19-12(7-26-10)6-18-16(21)13-8-25-9-20(13)27(22,23)15-5-11(17)3-4-14(15)24-2/h3-5,7,13H,6,8-9H2,1-2H3,(H,18,21). The highest BCUT2D eigenvalue weighted by atomic mass is 35.5. The molecule has 1 saturated heterocycles. The minimum atomic E-state index is -3.95. The first kappa shape index (κ1) is 20.4. The highest BCUT2D eigenvalue weighted by Gasteiger charge is 2.41.